The third-order valence-corrected chi connectivity index (χ3v) is 3.66. The highest BCUT2D eigenvalue weighted by Crippen LogP contribution is 2.16. The van der Waals surface area contributed by atoms with Crippen LogP contribution in [0.4, 0.5) is 22.0 Å². The van der Waals surface area contributed by atoms with Crippen molar-refractivity contribution in [2.24, 2.45) is 0 Å². The minimum Gasteiger partial charge on any atom is -0.373 e. The van der Waals surface area contributed by atoms with Crippen LogP contribution in [0.1, 0.15) is 19.7 Å². The molecule has 0 unspecified atom stereocenters. The Balaban J connectivity index is 1.72. The summed E-state index contributed by atoms with van der Waals surface area (Å²) in [5, 5.41) is 3.02. The number of halogens is 1. The fourth-order valence-electron chi connectivity index (χ4n) is 2.84. The fourth-order valence-corrected chi connectivity index (χ4v) is 2.84. The Hall–Kier alpha value is -2.32. The Morgan fingerprint density at radius 1 is 1.17 bits per heavy atom. The highest BCUT2D eigenvalue weighted by atomic mass is 19.1. The summed E-state index contributed by atoms with van der Waals surface area (Å²) in [4.78, 5) is 14.9. The van der Waals surface area contributed by atoms with E-state index in [1.165, 1.54) is 12.1 Å². The molecule has 8 heteroatoms. The van der Waals surface area contributed by atoms with Gasteiger partial charge in [0.1, 0.15) is 11.6 Å². The Morgan fingerprint density at radius 3 is 2.50 bits per heavy atom. The van der Waals surface area contributed by atoms with Crippen LogP contribution < -0.4 is 11.1 Å². The number of morpholine rings is 1. The van der Waals surface area contributed by atoms with Gasteiger partial charge in [0.2, 0.25) is 11.9 Å². The molecule has 1 aromatic heterocycles. The van der Waals surface area contributed by atoms with Crippen molar-refractivity contribution in [2.75, 3.05) is 24.1 Å². The second-order valence-corrected chi connectivity index (χ2v) is 6.02. The van der Waals surface area contributed by atoms with Crippen molar-refractivity contribution in [3.05, 3.63) is 35.9 Å². The van der Waals surface area contributed by atoms with Crippen LogP contribution in [0.15, 0.2) is 24.3 Å². The van der Waals surface area contributed by atoms with E-state index in [2.05, 4.69) is 25.2 Å². The summed E-state index contributed by atoms with van der Waals surface area (Å²) in [6.45, 7) is 6.30. The van der Waals surface area contributed by atoms with Gasteiger partial charge in [0, 0.05) is 18.8 Å². The zero-order valence-corrected chi connectivity index (χ0v) is 13.7. The number of nitrogen functional groups attached to an aromatic ring is 1. The van der Waals surface area contributed by atoms with E-state index in [0.29, 0.717) is 24.0 Å². The lowest BCUT2D eigenvalue weighted by atomic mass is 10.2. The van der Waals surface area contributed by atoms with Crippen LogP contribution in [0.3, 0.4) is 0 Å². The first-order valence-electron chi connectivity index (χ1n) is 7.89. The number of nitrogens with two attached hydrogens (primary N) is 1. The molecule has 1 saturated heterocycles. The highest BCUT2D eigenvalue weighted by molar-refractivity contribution is 5.53. The molecule has 0 amide bonds. The van der Waals surface area contributed by atoms with Crippen molar-refractivity contribution in [1.82, 2.24) is 19.9 Å². The zero-order valence-electron chi connectivity index (χ0n) is 13.7. The summed E-state index contributed by atoms with van der Waals surface area (Å²) in [6.07, 6.45) is 0.342. The summed E-state index contributed by atoms with van der Waals surface area (Å²) < 4.78 is 18.7. The summed E-state index contributed by atoms with van der Waals surface area (Å²) in [5.41, 5.74) is 6.47. The first kappa shape index (κ1) is 16.5. The van der Waals surface area contributed by atoms with Gasteiger partial charge in [-0.15, -0.1) is 0 Å². The van der Waals surface area contributed by atoms with Gasteiger partial charge in [-0.05, 0) is 38.1 Å². The molecule has 3 rings (SSSR count). The van der Waals surface area contributed by atoms with Gasteiger partial charge in [-0.2, -0.15) is 15.0 Å². The molecule has 1 aliphatic heterocycles. The molecule has 1 aromatic carbocycles. The molecule has 1 aliphatic rings. The van der Waals surface area contributed by atoms with E-state index in [0.717, 1.165) is 13.1 Å². The lowest BCUT2D eigenvalue weighted by Crippen LogP contribution is -2.45. The summed E-state index contributed by atoms with van der Waals surface area (Å²) in [6, 6.07) is 5.95. The Bertz CT molecular complexity index is 685. The SMILES string of the molecule is C[C@@H]1CN(Cc2nc(N)nc(Nc3ccc(F)cc3)n2)C[C@H](C)O1. The molecule has 2 heterocycles. The predicted molar refractivity (Wildman–Crippen MR) is 89.2 cm³/mol. The average molecular weight is 332 g/mol. The number of hydrogen-bond donors (Lipinski definition) is 2. The van der Waals surface area contributed by atoms with Gasteiger partial charge < -0.3 is 15.8 Å². The lowest BCUT2D eigenvalue weighted by molar-refractivity contribution is -0.0710. The van der Waals surface area contributed by atoms with Crippen LogP contribution >= 0.6 is 0 Å². The summed E-state index contributed by atoms with van der Waals surface area (Å²) in [7, 11) is 0. The van der Waals surface area contributed by atoms with Gasteiger partial charge in [-0.1, -0.05) is 0 Å². The van der Waals surface area contributed by atoms with E-state index in [1.54, 1.807) is 12.1 Å². The van der Waals surface area contributed by atoms with E-state index < -0.39 is 0 Å². The molecule has 0 bridgehead atoms. The first-order chi connectivity index (χ1) is 11.5. The molecule has 0 spiro atoms. The Labute approximate surface area is 140 Å². The van der Waals surface area contributed by atoms with Crippen molar-refractivity contribution in [2.45, 2.75) is 32.6 Å². The van der Waals surface area contributed by atoms with Crippen molar-refractivity contribution in [1.29, 1.82) is 0 Å². The minimum absolute atomic E-state index is 0.152. The van der Waals surface area contributed by atoms with Gasteiger partial charge in [0.25, 0.3) is 0 Å². The quantitative estimate of drug-likeness (QED) is 0.884. The third-order valence-electron chi connectivity index (χ3n) is 3.66. The van der Waals surface area contributed by atoms with E-state index in [-0.39, 0.29) is 24.0 Å². The van der Waals surface area contributed by atoms with Gasteiger partial charge in [-0.3, -0.25) is 4.90 Å². The van der Waals surface area contributed by atoms with Gasteiger partial charge >= 0.3 is 0 Å². The van der Waals surface area contributed by atoms with Crippen LogP contribution in [-0.4, -0.2) is 45.1 Å². The number of rotatable bonds is 4. The lowest BCUT2D eigenvalue weighted by Gasteiger charge is -2.34. The largest absolute Gasteiger partial charge is 0.373 e. The normalized spacial score (nSPS) is 21.6. The topological polar surface area (TPSA) is 89.2 Å². The monoisotopic (exact) mass is 332 g/mol. The predicted octanol–water partition coefficient (Wildman–Crippen LogP) is 1.95. The van der Waals surface area contributed by atoms with E-state index >= 15 is 0 Å². The fraction of sp³-hybridized carbons (Fsp3) is 0.438. The van der Waals surface area contributed by atoms with Crippen molar-refractivity contribution >= 4 is 17.6 Å². The number of aromatic nitrogens is 3. The van der Waals surface area contributed by atoms with Gasteiger partial charge in [0.15, 0.2) is 0 Å². The van der Waals surface area contributed by atoms with Crippen LogP contribution in [0.25, 0.3) is 0 Å². The molecule has 0 saturated carbocycles. The second kappa shape index (κ2) is 7.06. The first-order valence-corrected chi connectivity index (χ1v) is 7.89. The van der Waals surface area contributed by atoms with E-state index in [9.17, 15) is 4.39 Å². The maximum atomic E-state index is 13.0. The maximum absolute atomic E-state index is 13.0. The molecule has 0 radical (unpaired) electrons. The van der Waals surface area contributed by atoms with Crippen LogP contribution in [0.2, 0.25) is 0 Å². The molecular weight excluding hydrogens is 311 g/mol. The number of ether oxygens (including phenoxy) is 1. The molecule has 2 atom stereocenters. The molecule has 1 fully saturated rings. The molecule has 128 valence electrons. The van der Waals surface area contributed by atoms with Crippen molar-refractivity contribution < 1.29 is 9.13 Å². The molecule has 3 N–H and O–H groups in total. The van der Waals surface area contributed by atoms with Crippen LogP contribution in [0, 0.1) is 5.82 Å². The summed E-state index contributed by atoms with van der Waals surface area (Å²) in [5.74, 6) is 0.790. The van der Waals surface area contributed by atoms with Crippen LogP contribution in [0.5, 0.6) is 0 Å². The zero-order chi connectivity index (χ0) is 17.1. The average Bonchev–Trinajstić information content (AvgIpc) is 2.48. The number of hydrogen-bond acceptors (Lipinski definition) is 7. The van der Waals surface area contributed by atoms with Crippen molar-refractivity contribution in [3.8, 4) is 0 Å². The smallest absolute Gasteiger partial charge is 0.232 e. The van der Waals surface area contributed by atoms with Gasteiger partial charge in [-0.25, -0.2) is 4.39 Å². The van der Waals surface area contributed by atoms with Crippen LogP contribution in [-0.2, 0) is 11.3 Å². The maximum Gasteiger partial charge on any atom is 0.232 e. The number of nitrogens with zero attached hydrogens (tertiary/aromatic N) is 4. The molecule has 0 aliphatic carbocycles. The second-order valence-electron chi connectivity index (χ2n) is 6.02. The van der Waals surface area contributed by atoms with Crippen molar-refractivity contribution in [3.63, 3.8) is 0 Å². The molecule has 24 heavy (non-hydrogen) atoms. The Kier molecular flexibility index (Phi) is 4.86. The third kappa shape index (κ3) is 4.36. The molecular formula is C16H21FN6O. The van der Waals surface area contributed by atoms with Gasteiger partial charge in [0.05, 0.1) is 18.8 Å². The standard InChI is InChI=1S/C16H21FN6O/c1-10-7-23(8-11(2)24-10)9-14-20-15(18)22-16(21-14)19-13-5-3-12(17)4-6-13/h3-6,10-11H,7-9H2,1-2H3,(H3,18,19,20,21,22)/t10-,11+. The minimum atomic E-state index is -0.299. The van der Waals surface area contributed by atoms with E-state index in [1.807, 2.05) is 13.8 Å². The highest BCUT2D eigenvalue weighted by Gasteiger charge is 2.23. The van der Waals surface area contributed by atoms with E-state index in [4.69, 9.17) is 10.5 Å². The molecule has 2 aromatic rings. The Morgan fingerprint density at radius 2 is 1.83 bits per heavy atom. The number of benzene rings is 1. The summed E-state index contributed by atoms with van der Waals surface area (Å²) >= 11 is 0. The number of nitrogens with one attached hydrogen (secondary N) is 1. The molecule has 7 nitrogen and oxygen atoms in total. The number of anilines is 3.